The number of pyridine rings is 1. The van der Waals surface area contributed by atoms with Crippen LogP contribution in [0, 0.1) is 0 Å². The van der Waals surface area contributed by atoms with Crippen molar-refractivity contribution in [1.29, 1.82) is 0 Å². The summed E-state index contributed by atoms with van der Waals surface area (Å²) in [5.41, 5.74) is 2.33. The second kappa shape index (κ2) is 6.41. The van der Waals surface area contributed by atoms with E-state index in [0.29, 0.717) is 10.9 Å². The Hall–Kier alpha value is -1.54. The number of benzene rings is 1. The molecule has 0 aliphatic heterocycles. The van der Waals surface area contributed by atoms with Gasteiger partial charge in [0.2, 0.25) is 0 Å². The molecule has 1 atom stereocenters. The van der Waals surface area contributed by atoms with Gasteiger partial charge in [-0.15, -0.1) is 0 Å². The Morgan fingerprint density at radius 3 is 2.72 bits per heavy atom. The number of rotatable bonds is 5. The molecule has 2 rings (SSSR count). The lowest BCUT2D eigenvalue weighted by molar-refractivity contribution is 0.706. The van der Waals surface area contributed by atoms with Crippen LogP contribution in [-0.2, 0) is 0 Å². The smallest absolute Gasteiger partial charge is 0.0820 e. The van der Waals surface area contributed by atoms with Crippen molar-refractivity contribution in [2.24, 2.45) is 0 Å². The Morgan fingerprint density at radius 1 is 1.22 bits per heavy atom. The van der Waals surface area contributed by atoms with Gasteiger partial charge in [-0.3, -0.25) is 4.98 Å². The summed E-state index contributed by atoms with van der Waals surface area (Å²) in [6, 6.07) is 12.5. The van der Waals surface area contributed by atoms with Gasteiger partial charge in [-0.1, -0.05) is 48.9 Å². The second-order valence-electron chi connectivity index (χ2n) is 4.38. The van der Waals surface area contributed by atoms with E-state index in [-0.39, 0.29) is 0 Å². The molecule has 0 spiro atoms. The molecule has 2 aromatic rings. The van der Waals surface area contributed by atoms with Crippen molar-refractivity contribution in [3.05, 3.63) is 59.4 Å². The maximum atomic E-state index is 6.03. The molecule has 3 heteroatoms. The fraction of sp³-hybridized carbons (Fsp3) is 0.267. The van der Waals surface area contributed by atoms with Crippen LogP contribution < -0.4 is 5.32 Å². The summed E-state index contributed by atoms with van der Waals surface area (Å²) in [5, 5.41) is 4.01. The van der Waals surface area contributed by atoms with Gasteiger partial charge < -0.3 is 5.32 Å². The van der Waals surface area contributed by atoms with Crippen molar-refractivity contribution < 1.29 is 0 Å². The van der Waals surface area contributed by atoms with Crippen LogP contribution in [0.25, 0.3) is 0 Å². The van der Waals surface area contributed by atoms with Gasteiger partial charge in [-0.25, -0.2) is 0 Å². The van der Waals surface area contributed by atoms with Crippen molar-refractivity contribution in [3.63, 3.8) is 0 Å². The fourth-order valence-electron chi connectivity index (χ4n) is 1.89. The van der Waals surface area contributed by atoms with Gasteiger partial charge in [0.25, 0.3) is 0 Å². The molecule has 0 radical (unpaired) electrons. The van der Waals surface area contributed by atoms with Crippen LogP contribution in [0.4, 0.5) is 5.69 Å². The molecule has 0 fully saturated rings. The third-order valence-corrected chi connectivity index (χ3v) is 3.34. The Bertz CT molecular complexity index is 485. The minimum Gasteiger partial charge on any atom is -0.384 e. The first-order valence-electron chi connectivity index (χ1n) is 6.15. The van der Waals surface area contributed by atoms with Gasteiger partial charge in [0, 0.05) is 18.9 Å². The minimum atomic E-state index is 0.541. The fourth-order valence-corrected chi connectivity index (χ4v) is 2.08. The number of aromatic nitrogens is 1. The molecule has 0 saturated carbocycles. The van der Waals surface area contributed by atoms with Crippen LogP contribution in [0.2, 0.25) is 5.02 Å². The molecule has 2 nitrogen and oxygen atoms in total. The lowest BCUT2D eigenvalue weighted by Gasteiger charge is -2.13. The van der Waals surface area contributed by atoms with Crippen molar-refractivity contribution in [2.45, 2.75) is 19.3 Å². The summed E-state index contributed by atoms with van der Waals surface area (Å²) in [4.78, 5) is 3.96. The molecule has 1 N–H and O–H groups in total. The van der Waals surface area contributed by atoms with Crippen LogP contribution in [0.1, 0.15) is 24.8 Å². The molecule has 0 amide bonds. The first kappa shape index (κ1) is 12.9. The van der Waals surface area contributed by atoms with E-state index in [1.807, 2.05) is 12.1 Å². The SMILES string of the molecule is CC(CCNc1ccncc1Cl)c1ccccc1. The monoisotopic (exact) mass is 260 g/mol. The summed E-state index contributed by atoms with van der Waals surface area (Å²) in [7, 11) is 0. The number of hydrogen-bond donors (Lipinski definition) is 1. The number of anilines is 1. The van der Waals surface area contributed by atoms with E-state index in [9.17, 15) is 0 Å². The number of nitrogens with one attached hydrogen (secondary N) is 1. The highest BCUT2D eigenvalue weighted by molar-refractivity contribution is 6.33. The molecule has 94 valence electrons. The average Bonchev–Trinajstić information content (AvgIpc) is 2.42. The summed E-state index contributed by atoms with van der Waals surface area (Å²) in [5.74, 6) is 0.541. The minimum absolute atomic E-state index is 0.541. The van der Waals surface area contributed by atoms with Gasteiger partial charge in [0.1, 0.15) is 0 Å². The molecular weight excluding hydrogens is 244 g/mol. The third kappa shape index (κ3) is 3.47. The average molecular weight is 261 g/mol. The first-order valence-corrected chi connectivity index (χ1v) is 6.53. The van der Waals surface area contributed by atoms with E-state index in [4.69, 9.17) is 11.6 Å². The zero-order chi connectivity index (χ0) is 12.8. The van der Waals surface area contributed by atoms with Gasteiger partial charge in [-0.05, 0) is 24.0 Å². The lowest BCUT2D eigenvalue weighted by atomic mass is 9.98. The van der Waals surface area contributed by atoms with Gasteiger partial charge in [-0.2, -0.15) is 0 Å². The highest BCUT2D eigenvalue weighted by Crippen LogP contribution is 2.21. The first-order chi connectivity index (χ1) is 8.77. The standard InChI is InChI=1S/C15H17ClN2/c1-12(13-5-3-2-4-6-13)7-10-18-15-8-9-17-11-14(15)16/h2-6,8-9,11-12H,7,10H2,1H3,(H,17,18). The number of nitrogens with zero attached hydrogens (tertiary/aromatic N) is 1. The number of hydrogen-bond acceptors (Lipinski definition) is 2. The van der Waals surface area contributed by atoms with Gasteiger partial charge >= 0.3 is 0 Å². The quantitative estimate of drug-likeness (QED) is 0.865. The summed E-state index contributed by atoms with van der Waals surface area (Å²) < 4.78 is 0. The molecule has 1 heterocycles. The molecule has 1 aromatic carbocycles. The molecule has 18 heavy (non-hydrogen) atoms. The van der Waals surface area contributed by atoms with E-state index < -0.39 is 0 Å². The van der Waals surface area contributed by atoms with Crippen LogP contribution >= 0.6 is 11.6 Å². The van der Waals surface area contributed by atoms with Crippen molar-refractivity contribution in [1.82, 2.24) is 4.98 Å². The van der Waals surface area contributed by atoms with E-state index in [2.05, 4.69) is 41.5 Å². The van der Waals surface area contributed by atoms with Crippen LogP contribution in [-0.4, -0.2) is 11.5 Å². The maximum Gasteiger partial charge on any atom is 0.0820 e. The third-order valence-electron chi connectivity index (χ3n) is 3.03. The molecule has 0 aliphatic carbocycles. The van der Waals surface area contributed by atoms with Gasteiger partial charge in [0.05, 0.1) is 10.7 Å². The topological polar surface area (TPSA) is 24.9 Å². The molecule has 0 bridgehead atoms. The zero-order valence-corrected chi connectivity index (χ0v) is 11.2. The van der Waals surface area contributed by atoms with Crippen LogP contribution in [0.15, 0.2) is 48.8 Å². The van der Waals surface area contributed by atoms with E-state index >= 15 is 0 Å². The highest BCUT2D eigenvalue weighted by atomic mass is 35.5. The maximum absolute atomic E-state index is 6.03. The summed E-state index contributed by atoms with van der Waals surface area (Å²) >= 11 is 6.03. The normalized spacial score (nSPS) is 12.1. The highest BCUT2D eigenvalue weighted by Gasteiger charge is 2.05. The summed E-state index contributed by atoms with van der Waals surface area (Å²) in [6.07, 6.45) is 4.47. The van der Waals surface area contributed by atoms with E-state index in [1.165, 1.54) is 5.56 Å². The second-order valence-corrected chi connectivity index (χ2v) is 4.79. The molecular formula is C15H17ClN2. The van der Waals surface area contributed by atoms with E-state index in [1.54, 1.807) is 12.4 Å². The van der Waals surface area contributed by atoms with Crippen LogP contribution in [0.5, 0.6) is 0 Å². The Kier molecular flexibility index (Phi) is 4.59. The zero-order valence-electron chi connectivity index (χ0n) is 10.4. The Morgan fingerprint density at radius 2 is 2.00 bits per heavy atom. The molecule has 0 saturated heterocycles. The lowest BCUT2D eigenvalue weighted by Crippen LogP contribution is -2.06. The summed E-state index contributed by atoms with van der Waals surface area (Å²) in [6.45, 7) is 3.14. The molecule has 1 unspecified atom stereocenters. The van der Waals surface area contributed by atoms with Crippen LogP contribution in [0.3, 0.4) is 0 Å². The Labute approximate surface area is 113 Å². The van der Waals surface area contributed by atoms with Crippen molar-refractivity contribution in [3.8, 4) is 0 Å². The predicted octanol–water partition coefficient (Wildman–Crippen LogP) is 4.34. The van der Waals surface area contributed by atoms with Crippen molar-refractivity contribution >= 4 is 17.3 Å². The van der Waals surface area contributed by atoms with Crippen molar-refractivity contribution in [2.75, 3.05) is 11.9 Å². The number of halogens is 1. The van der Waals surface area contributed by atoms with E-state index in [0.717, 1.165) is 18.7 Å². The largest absolute Gasteiger partial charge is 0.384 e. The molecule has 1 aromatic heterocycles. The predicted molar refractivity (Wildman–Crippen MR) is 77.2 cm³/mol. The Balaban J connectivity index is 1.84. The molecule has 0 aliphatic rings. The van der Waals surface area contributed by atoms with Gasteiger partial charge in [0.15, 0.2) is 0 Å².